The Morgan fingerprint density at radius 3 is 2.56 bits per heavy atom. The van der Waals surface area contributed by atoms with Crippen molar-refractivity contribution in [1.82, 2.24) is 9.55 Å². The quantitative estimate of drug-likeness (QED) is 0.451. The summed E-state index contributed by atoms with van der Waals surface area (Å²) in [6.07, 6.45) is -0.470. The molecule has 1 amide bonds. The Bertz CT molecular complexity index is 1190. The molecule has 2 atom stereocenters. The Labute approximate surface area is 180 Å². The second-order valence-corrected chi connectivity index (χ2v) is 7.87. The number of alkyl halides is 3. The first-order valence-corrected chi connectivity index (χ1v) is 10.1. The molecule has 1 aliphatic carbocycles. The fraction of sp³-hybridized carbons (Fsp3) is 0.333. The summed E-state index contributed by atoms with van der Waals surface area (Å²) in [5, 5.41) is 3.12. The highest BCUT2D eigenvalue weighted by Gasteiger charge is 2.33. The van der Waals surface area contributed by atoms with Gasteiger partial charge in [0, 0.05) is 29.2 Å². The second-order valence-electron chi connectivity index (χ2n) is 7.87. The van der Waals surface area contributed by atoms with E-state index in [9.17, 15) is 18.0 Å². The smallest absolute Gasteiger partial charge is 0.396 e. The van der Waals surface area contributed by atoms with Gasteiger partial charge in [0.2, 0.25) is 0 Å². The van der Waals surface area contributed by atoms with Gasteiger partial charge in [-0.05, 0) is 25.0 Å². The molecular weight excluding hydrogens is 428 g/mol. The van der Waals surface area contributed by atoms with E-state index in [-0.39, 0.29) is 44.6 Å². The monoisotopic (exact) mass is 450 g/mol. The molecule has 0 spiro atoms. The maximum atomic E-state index is 15.0. The Morgan fingerprint density at radius 1 is 1.19 bits per heavy atom. The number of benzene rings is 1. The van der Waals surface area contributed by atoms with Crippen molar-refractivity contribution in [3.8, 4) is 11.3 Å². The fourth-order valence-corrected chi connectivity index (χ4v) is 4.23. The topological polar surface area (TPSA) is 125 Å². The average Bonchev–Trinajstić information content (AvgIpc) is 3.17. The molecule has 1 fully saturated rings. The minimum Gasteiger partial charge on any atom is -0.396 e. The van der Waals surface area contributed by atoms with E-state index in [1.807, 2.05) is 0 Å². The van der Waals surface area contributed by atoms with E-state index >= 15 is 4.39 Å². The number of halogens is 4. The van der Waals surface area contributed by atoms with Crippen LogP contribution in [0.5, 0.6) is 0 Å². The van der Waals surface area contributed by atoms with Gasteiger partial charge in [0.05, 0.1) is 22.5 Å². The Morgan fingerprint density at radius 2 is 1.91 bits per heavy atom. The number of aromatic nitrogens is 2. The molecule has 3 aromatic rings. The van der Waals surface area contributed by atoms with E-state index < -0.39 is 29.3 Å². The fourth-order valence-electron chi connectivity index (χ4n) is 4.23. The van der Waals surface area contributed by atoms with Crippen molar-refractivity contribution < 1.29 is 22.4 Å². The number of nitrogens with one attached hydrogen (secondary N) is 1. The minimum atomic E-state index is -4.65. The normalized spacial score (nSPS) is 19.3. The van der Waals surface area contributed by atoms with E-state index in [4.69, 9.17) is 17.2 Å². The van der Waals surface area contributed by atoms with Crippen LogP contribution in [0.3, 0.4) is 0 Å². The van der Waals surface area contributed by atoms with Crippen LogP contribution in [-0.4, -0.2) is 27.5 Å². The summed E-state index contributed by atoms with van der Waals surface area (Å²) in [6.45, 7) is 0. The zero-order valence-corrected chi connectivity index (χ0v) is 16.9. The van der Waals surface area contributed by atoms with Gasteiger partial charge in [-0.2, -0.15) is 0 Å². The summed E-state index contributed by atoms with van der Waals surface area (Å²) in [7, 11) is 0. The molecule has 0 saturated heterocycles. The van der Waals surface area contributed by atoms with Crippen molar-refractivity contribution in [2.24, 2.45) is 11.5 Å². The first-order chi connectivity index (χ1) is 15.1. The number of carbonyl (C=O) groups excluding carboxylic acids is 1. The van der Waals surface area contributed by atoms with E-state index in [0.29, 0.717) is 6.42 Å². The van der Waals surface area contributed by atoms with Crippen LogP contribution in [0.1, 0.15) is 36.0 Å². The van der Waals surface area contributed by atoms with Gasteiger partial charge in [0.15, 0.2) is 11.6 Å². The molecule has 1 aromatic carbocycles. The number of nitrogens with two attached hydrogens (primary N) is 3. The van der Waals surface area contributed by atoms with Crippen molar-refractivity contribution in [2.45, 2.75) is 44.1 Å². The SMILES string of the molecule is NC(=O)c1c(-c2cccc3c2ccn3C(F)(F)F)nc(NC2CCCCC2N)c(F)c1N. The lowest BCUT2D eigenvalue weighted by atomic mass is 9.91. The molecule has 2 aromatic heterocycles. The van der Waals surface area contributed by atoms with Crippen LogP contribution in [0.4, 0.5) is 29.1 Å². The van der Waals surface area contributed by atoms with Crippen LogP contribution in [0.15, 0.2) is 30.5 Å². The average molecular weight is 450 g/mol. The van der Waals surface area contributed by atoms with Gasteiger partial charge in [0.1, 0.15) is 0 Å². The van der Waals surface area contributed by atoms with Crippen LogP contribution >= 0.6 is 0 Å². The number of nitrogen functional groups attached to an aromatic ring is 1. The van der Waals surface area contributed by atoms with Gasteiger partial charge >= 0.3 is 6.30 Å². The molecule has 7 nitrogen and oxygen atoms in total. The number of rotatable bonds is 4. The number of primary amides is 1. The summed E-state index contributed by atoms with van der Waals surface area (Å²) >= 11 is 0. The van der Waals surface area contributed by atoms with Gasteiger partial charge in [-0.25, -0.2) is 9.37 Å². The molecule has 0 radical (unpaired) electrons. The Hall–Kier alpha value is -3.34. The molecule has 32 heavy (non-hydrogen) atoms. The molecule has 1 aliphatic rings. The standard InChI is InChI=1S/C21H22F4N6O/c22-16-17(27)15(19(28)32)18(30-20(16)29-13-6-2-1-5-12(13)26)11-4-3-7-14-10(11)8-9-31(14)21(23,24)25/h3-4,7-9,12-13H,1-2,5-6,26H2,(H2,28,32)(H3,27,29,30). The summed E-state index contributed by atoms with van der Waals surface area (Å²) < 4.78 is 55.2. The largest absolute Gasteiger partial charge is 0.488 e. The summed E-state index contributed by atoms with van der Waals surface area (Å²) in [4.78, 5) is 16.4. The van der Waals surface area contributed by atoms with Gasteiger partial charge in [-0.1, -0.05) is 25.0 Å². The second kappa shape index (κ2) is 7.97. The number of carbonyl (C=O) groups is 1. The maximum Gasteiger partial charge on any atom is 0.488 e. The number of nitrogens with zero attached hydrogens (tertiary/aromatic N) is 2. The number of hydrogen-bond donors (Lipinski definition) is 4. The van der Waals surface area contributed by atoms with Crippen molar-refractivity contribution in [2.75, 3.05) is 11.1 Å². The van der Waals surface area contributed by atoms with Crippen molar-refractivity contribution in [3.05, 3.63) is 41.8 Å². The first-order valence-electron chi connectivity index (χ1n) is 10.1. The van der Waals surface area contributed by atoms with Gasteiger partial charge in [0.25, 0.3) is 5.91 Å². The number of fused-ring (bicyclic) bond motifs is 1. The zero-order chi connectivity index (χ0) is 23.2. The third-order valence-corrected chi connectivity index (χ3v) is 5.82. The first kappa shape index (κ1) is 21.9. The summed E-state index contributed by atoms with van der Waals surface area (Å²) in [6, 6.07) is 4.90. The summed E-state index contributed by atoms with van der Waals surface area (Å²) in [5.74, 6) is -2.23. The van der Waals surface area contributed by atoms with Crippen molar-refractivity contribution in [1.29, 1.82) is 0 Å². The zero-order valence-electron chi connectivity index (χ0n) is 16.9. The van der Waals surface area contributed by atoms with Gasteiger partial charge in [-0.3, -0.25) is 9.36 Å². The van der Waals surface area contributed by atoms with E-state index in [0.717, 1.165) is 25.5 Å². The number of anilines is 2. The number of pyridine rings is 1. The van der Waals surface area contributed by atoms with Crippen LogP contribution in [-0.2, 0) is 6.30 Å². The number of hydrogen-bond acceptors (Lipinski definition) is 5. The van der Waals surface area contributed by atoms with Gasteiger partial charge in [-0.15, -0.1) is 13.2 Å². The molecule has 170 valence electrons. The molecule has 7 N–H and O–H groups in total. The summed E-state index contributed by atoms with van der Waals surface area (Å²) in [5.41, 5.74) is 16.5. The lowest BCUT2D eigenvalue weighted by Gasteiger charge is -2.30. The lowest BCUT2D eigenvalue weighted by Crippen LogP contribution is -2.43. The highest BCUT2D eigenvalue weighted by molar-refractivity contribution is 6.08. The Balaban J connectivity index is 1.91. The molecule has 2 unspecified atom stereocenters. The maximum absolute atomic E-state index is 15.0. The molecule has 0 aliphatic heterocycles. The Kier molecular flexibility index (Phi) is 5.45. The van der Waals surface area contributed by atoms with Crippen LogP contribution in [0.25, 0.3) is 22.2 Å². The van der Waals surface area contributed by atoms with E-state index in [2.05, 4.69) is 10.3 Å². The minimum absolute atomic E-state index is 0.103. The number of amides is 1. The van der Waals surface area contributed by atoms with Crippen LogP contribution in [0.2, 0.25) is 0 Å². The predicted molar refractivity (Wildman–Crippen MR) is 113 cm³/mol. The van der Waals surface area contributed by atoms with E-state index in [1.165, 1.54) is 24.3 Å². The van der Waals surface area contributed by atoms with Crippen LogP contribution in [0, 0.1) is 5.82 Å². The molecule has 2 heterocycles. The molecule has 4 rings (SSSR count). The van der Waals surface area contributed by atoms with E-state index in [1.54, 1.807) is 0 Å². The third kappa shape index (κ3) is 3.72. The molecular formula is C21H22F4N6O. The molecule has 1 saturated carbocycles. The third-order valence-electron chi connectivity index (χ3n) is 5.82. The van der Waals surface area contributed by atoms with Gasteiger partial charge < -0.3 is 22.5 Å². The molecule has 0 bridgehead atoms. The predicted octanol–water partition coefficient (Wildman–Crippen LogP) is 3.68. The van der Waals surface area contributed by atoms with Crippen LogP contribution < -0.4 is 22.5 Å². The van der Waals surface area contributed by atoms with Crippen molar-refractivity contribution in [3.63, 3.8) is 0 Å². The highest BCUT2D eigenvalue weighted by atomic mass is 19.4. The molecule has 11 heteroatoms. The highest BCUT2D eigenvalue weighted by Crippen LogP contribution is 2.38. The van der Waals surface area contributed by atoms with Crippen molar-refractivity contribution >= 4 is 28.3 Å². The lowest BCUT2D eigenvalue weighted by molar-refractivity contribution is -0.200.